The quantitative estimate of drug-likeness (QED) is 0.299. The fraction of sp³-hybridized carbons (Fsp3) is 0.667. The molecular formula is C27H42N4O6S. The minimum Gasteiger partial charge on any atom is -0.476 e. The van der Waals surface area contributed by atoms with Crippen molar-refractivity contribution in [2.45, 2.75) is 84.5 Å². The first-order valence-electron chi connectivity index (χ1n) is 13.2. The number of carbonyl (C=O) groups is 4. The predicted molar refractivity (Wildman–Crippen MR) is 146 cm³/mol. The Morgan fingerprint density at radius 2 is 1.95 bits per heavy atom. The van der Waals surface area contributed by atoms with Crippen LogP contribution in [0, 0.1) is 11.8 Å². The first-order chi connectivity index (χ1) is 17.9. The van der Waals surface area contributed by atoms with Gasteiger partial charge >= 0.3 is 11.9 Å². The number of amides is 2. The van der Waals surface area contributed by atoms with Gasteiger partial charge in [-0.05, 0) is 44.3 Å². The van der Waals surface area contributed by atoms with Gasteiger partial charge in [0.15, 0.2) is 11.8 Å². The van der Waals surface area contributed by atoms with Crippen molar-refractivity contribution in [3.63, 3.8) is 0 Å². The highest BCUT2D eigenvalue weighted by Gasteiger charge is 2.35. The lowest BCUT2D eigenvalue weighted by Gasteiger charge is -2.36. The van der Waals surface area contributed by atoms with Crippen molar-refractivity contribution in [2.75, 3.05) is 20.6 Å². The van der Waals surface area contributed by atoms with Gasteiger partial charge in [-0.1, -0.05) is 46.6 Å². The molecule has 0 spiro atoms. The van der Waals surface area contributed by atoms with Gasteiger partial charge in [-0.15, -0.1) is 11.3 Å². The standard InChI is InChI=1S/C27H42N4O6S/c1-8-17(4)23(29-24(33)21-11-9-10-14-30(21)6)26(34)31(7)20(16(2)3)12-13-22(37-18(5)32)25-28-19(15-38-25)27(35)36/h12-13,15-17,20-23H,8-11,14H2,1-7H3,(H,29,33)(H,35,36). The van der Waals surface area contributed by atoms with Crippen molar-refractivity contribution in [3.8, 4) is 0 Å². The third-order valence-electron chi connectivity index (χ3n) is 7.09. The van der Waals surface area contributed by atoms with E-state index in [0.29, 0.717) is 5.01 Å². The summed E-state index contributed by atoms with van der Waals surface area (Å²) in [6.07, 6.45) is 6.07. The molecule has 0 aliphatic carbocycles. The van der Waals surface area contributed by atoms with E-state index in [2.05, 4.69) is 10.3 Å². The largest absolute Gasteiger partial charge is 0.476 e. The van der Waals surface area contributed by atoms with Crippen molar-refractivity contribution < 1.29 is 29.0 Å². The first kappa shape index (κ1) is 31.4. The van der Waals surface area contributed by atoms with Crippen molar-refractivity contribution in [1.82, 2.24) is 20.1 Å². The van der Waals surface area contributed by atoms with Crippen LogP contribution in [0.1, 0.15) is 81.9 Å². The van der Waals surface area contributed by atoms with E-state index in [1.165, 1.54) is 12.3 Å². The van der Waals surface area contributed by atoms with Crippen LogP contribution in [0.25, 0.3) is 0 Å². The van der Waals surface area contributed by atoms with Crippen LogP contribution in [0.3, 0.4) is 0 Å². The number of aromatic nitrogens is 1. The smallest absolute Gasteiger partial charge is 0.355 e. The van der Waals surface area contributed by atoms with Crippen LogP contribution in [0.2, 0.25) is 0 Å². The maximum absolute atomic E-state index is 13.8. The van der Waals surface area contributed by atoms with Gasteiger partial charge in [0.1, 0.15) is 11.0 Å². The van der Waals surface area contributed by atoms with Crippen molar-refractivity contribution in [1.29, 1.82) is 0 Å². The van der Waals surface area contributed by atoms with Crippen molar-refractivity contribution >= 4 is 35.1 Å². The minimum absolute atomic E-state index is 0.00168. The van der Waals surface area contributed by atoms with Gasteiger partial charge in [0.25, 0.3) is 0 Å². The second-order valence-corrected chi connectivity index (χ2v) is 11.2. The molecule has 2 rings (SSSR count). The Hall–Kier alpha value is -2.79. The Morgan fingerprint density at radius 3 is 2.47 bits per heavy atom. The molecule has 1 saturated heterocycles. The number of likely N-dealkylation sites (N-methyl/N-ethyl adjacent to an activating group) is 2. The van der Waals surface area contributed by atoms with Gasteiger partial charge in [-0.2, -0.15) is 0 Å². The number of thiazole rings is 1. The SMILES string of the molecule is CCC(C)C(NC(=O)C1CCCCN1C)C(=O)N(C)C(C=CC(OC(C)=O)c1nc(C(=O)O)cs1)C(C)C. The molecule has 1 aliphatic heterocycles. The summed E-state index contributed by atoms with van der Waals surface area (Å²) in [7, 11) is 3.65. The second kappa shape index (κ2) is 14.4. The van der Waals surface area contributed by atoms with E-state index in [1.807, 2.05) is 39.6 Å². The number of nitrogens with one attached hydrogen (secondary N) is 1. The molecule has 212 valence electrons. The summed E-state index contributed by atoms with van der Waals surface area (Å²) in [6.45, 7) is 10.0. The monoisotopic (exact) mass is 550 g/mol. The molecule has 0 radical (unpaired) electrons. The molecule has 38 heavy (non-hydrogen) atoms. The molecule has 10 nitrogen and oxygen atoms in total. The number of rotatable bonds is 12. The van der Waals surface area contributed by atoms with Crippen LogP contribution < -0.4 is 5.32 Å². The van der Waals surface area contributed by atoms with E-state index in [1.54, 1.807) is 24.1 Å². The topological polar surface area (TPSA) is 129 Å². The summed E-state index contributed by atoms with van der Waals surface area (Å²) in [5.41, 5.74) is -0.126. The van der Waals surface area contributed by atoms with Crippen LogP contribution >= 0.6 is 11.3 Å². The van der Waals surface area contributed by atoms with E-state index in [4.69, 9.17) is 4.74 Å². The molecule has 1 aromatic rings. The molecule has 1 aromatic heterocycles. The van der Waals surface area contributed by atoms with E-state index in [-0.39, 0.29) is 41.4 Å². The fourth-order valence-electron chi connectivity index (χ4n) is 4.59. The minimum atomic E-state index is -1.17. The van der Waals surface area contributed by atoms with E-state index in [9.17, 15) is 24.3 Å². The maximum atomic E-state index is 13.8. The lowest BCUT2D eigenvalue weighted by Crippen LogP contribution is -2.57. The van der Waals surface area contributed by atoms with Crippen molar-refractivity contribution in [2.24, 2.45) is 11.8 Å². The first-order valence-corrected chi connectivity index (χ1v) is 14.1. The number of likely N-dealkylation sites (tertiary alicyclic amines) is 1. The Labute approximate surface area is 229 Å². The lowest BCUT2D eigenvalue weighted by atomic mass is 9.94. The Morgan fingerprint density at radius 1 is 1.26 bits per heavy atom. The molecule has 0 bridgehead atoms. The van der Waals surface area contributed by atoms with E-state index < -0.39 is 24.1 Å². The zero-order chi connectivity index (χ0) is 28.6. The highest BCUT2D eigenvalue weighted by Crippen LogP contribution is 2.25. The number of nitrogens with zero attached hydrogens (tertiary/aromatic N) is 3. The number of piperidine rings is 1. The molecule has 5 unspecified atom stereocenters. The number of carboxylic acids is 1. The second-order valence-electron chi connectivity index (χ2n) is 10.3. The molecule has 2 heterocycles. The van der Waals surface area contributed by atoms with Gasteiger partial charge in [0.05, 0.1) is 12.1 Å². The van der Waals surface area contributed by atoms with Gasteiger partial charge in [-0.25, -0.2) is 9.78 Å². The molecule has 0 aromatic carbocycles. The average molecular weight is 551 g/mol. The van der Waals surface area contributed by atoms with Crippen molar-refractivity contribution in [3.05, 3.63) is 28.2 Å². The number of esters is 1. The highest BCUT2D eigenvalue weighted by molar-refractivity contribution is 7.09. The van der Waals surface area contributed by atoms with Gasteiger partial charge < -0.3 is 20.1 Å². The van der Waals surface area contributed by atoms with Gasteiger partial charge in [0, 0.05) is 19.4 Å². The van der Waals surface area contributed by atoms with Gasteiger partial charge in [-0.3, -0.25) is 19.3 Å². The number of carbonyl (C=O) groups excluding carboxylic acids is 3. The summed E-state index contributed by atoms with van der Waals surface area (Å²) in [5.74, 6) is -2.09. The van der Waals surface area contributed by atoms with Crippen LogP contribution in [0.15, 0.2) is 17.5 Å². The zero-order valence-corrected chi connectivity index (χ0v) is 24.3. The predicted octanol–water partition coefficient (Wildman–Crippen LogP) is 3.50. The summed E-state index contributed by atoms with van der Waals surface area (Å²) >= 11 is 1.08. The summed E-state index contributed by atoms with van der Waals surface area (Å²) in [4.78, 5) is 57.7. The molecule has 11 heteroatoms. The van der Waals surface area contributed by atoms with E-state index in [0.717, 1.165) is 43.6 Å². The molecule has 2 N–H and O–H groups in total. The molecular weight excluding hydrogens is 508 g/mol. The molecule has 2 amide bonds. The molecule has 1 fully saturated rings. The summed E-state index contributed by atoms with van der Waals surface area (Å²) in [5, 5.41) is 14.0. The molecule has 0 saturated carbocycles. The summed E-state index contributed by atoms with van der Waals surface area (Å²) < 4.78 is 5.40. The molecule has 5 atom stereocenters. The summed E-state index contributed by atoms with van der Waals surface area (Å²) in [6, 6.07) is -1.29. The van der Waals surface area contributed by atoms with Crippen LogP contribution in [0.4, 0.5) is 0 Å². The number of hydrogen-bond donors (Lipinski definition) is 2. The third kappa shape index (κ3) is 8.36. The van der Waals surface area contributed by atoms with Crippen LogP contribution in [0.5, 0.6) is 0 Å². The third-order valence-corrected chi connectivity index (χ3v) is 7.99. The number of hydrogen-bond acceptors (Lipinski definition) is 8. The van der Waals surface area contributed by atoms with Crippen LogP contribution in [-0.4, -0.2) is 82.4 Å². The zero-order valence-electron chi connectivity index (χ0n) is 23.5. The molecule has 1 aliphatic rings. The normalized spacial score (nSPS) is 19.5. The maximum Gasteiger partial charge on any atom is 0.355 e. The highest BCUT2D eigenvalue weighted by atomic mass is 32.1. The van der Waals surface area contributed by atoms with Gasteiger partial charge in [0.2, 0.25) is 11.8 Å². The Balaban J connectivity index is 2.27. The lowest BCUT2D eigenvalue weighted by molar-refractivity contribution is -0.144. The average Bonchev–Trinajstić information content (AvgIpc) is 3.36. The van der Waals surface area contributed by atoms with E-state index >= 15 is 0 Å². The number of ether oxygens (including phenoxy) is 1. The number of aromatic carboxylic acids is 1. The Bertz CT molecular complexity index is 1010. The fourth-order valence-corrected chi connectivity index (χ4v) is 5.38. The Kier molecular flexibility index (Phi) is 11.9. The van der Waals surface area contributed by atoms with Crippen LogP contribution in [-0.2, 0) is 19.1 Å². The number of carboxylic acid groups (broad SMARTS) is 1.